The maximum Gasteiger partial charge on any atom is 0.349 e. The van der Waals surface area contributed by atoms with E-state index in [0.717, 1.165) is 41.3 Å². The lowest BCUT2D eigenvalue weighted by molar-refractivity contribution is -0.147. The topological polar surface area (TPSA) is 95.6 Å². The van der Waals surface area contributed by atoms with Gasteiger partial charge in [-0.05, 0) is 35.7 Å². The predicted octanol–water partition coefficient (Wildman–Crippen LogP) is 2.51. The first-order valence-corrected chi connectivity index (χ1v) is 9.81. The maximum atomic E-state index is 14.8. The van der Waals surface area contributed by atoms with E-state index in [2.05, 4.69) is 0 Å². The molecule has 4 amide bonds. The molecule has 2 heterocycles. The Bertz CT molecular complexity index is 1280. The molecule has 7 nitrogen and oxygen atoms in total. The van der Waals surface area contributed by atoms with Crippen molar-refractivity contribution in [3.8, 4) is 0 Å². The lowest BCUT2D eigenvalue weighted by atomic mass is 10.0. The number of halogens is 3. The van der Waals surface area contributed by atoms with Crippen molar-refractivity contribution in [2.45, 2.75) is 37.8 Å². The number of nitrogens with zero attached hydrogens (tertiary/aromatic N) is 1. The van der Waals surface area contributed by atoms with Crippen LogP contribution in [0.5, 0.6) is 0 Å². The summed E-state index contributed by atoms with van der Waals surface area (Å²) in [6.45, 7) is -3.19. The maximum absolute atomic E-state index is 14.8. The van der Waals surface area contributed by atoms with Crippen LogP contribution in [0.15, 0.2) is 42.5 Å². The van der Waals surface area contributed by atoms with Gasteiger partial charge < -0.3 is 10.2 Å². The van der Waals surface area contributed by atoms with E-state index in [1.807, 2.05) is 5.32 Å². The number of piperidine rings is 1. The first-order valence-electron chi connectivity index (χ1n) is 11.5. The van der Waals surface area contributed by atoms with Gasteiger partial charge in [0.1, 0.15) is 6.04 Å². The van der Waals surface area contributed by atoms with Crippen molar-refractivity contribution in [1.29, 1.82) is 0 Å². The average molecular weight is 466 g/mol. The van der Waals surface area contributed by atoms with Crippen LogP contribution in [-0.4, -0.2) is 34.6 Å². The Hall–Kier alpha value is -3.33. The van der Waals surface area contributed by atoms with Gasteiger partial charge in [-0.1, -0.05) is 35.9 Å². The second-order valence-electron chi connectivity index (χ2n) is 7.22. The first-order chi connectivity index (χ1) is 16.7. The number of hydrogen-bond donors (Lipinski definition) is 2. The summed E-state index contributed by atoms with van der Waals surface area (Å²) < 4.78 is 61.6. The number of nitrogens with one attached hydrogen (secondary N) is 2. The molecule has 1 fully saturated rings. The molecule has 2 aromatic carbocycles. The monoisotopic (exact) mass is 465 g/mol. The third-order valence-electron chi connectivity index (χ3n) is 5.15. The van der Waals surface area contributed by atoms with Gasteiger partial charge in [-0.25, -0.2) is 0 Å². The Kier molecular flexibility index (Phi) is 4.48. The molecule has 0 bridgehead atoms. The normalized spacial score (nSPS) is 23.0. The number of alkyl halides is 2. The quantitative estimate of drug-likeness (QED) is 0.663. The van der Waals surface area contributed by atoms with E-state index in [9.17, 15) is 28.0 Å². The first kappa shape index (κ1) is 17.3. The SMILES string of the molecule is [2H]C1CC(N2Cc3cc(C([2H])([2H])N([2H])C(=O)C(F)(F)c4ccc(Cl)cc4)ccc3C2=O)C(=O)NC1=O. The third-order valence-corrected chi connectivity index (χ3v) is 5.40. The molecule has 2 aliphatic rings. The number of rotatable bonds is 5. The molecule has 1 saturated heterocycles. The lowest BCUT2D eigenvalue weighted by Gasteiger charge is -2.29. The highest BCUT2D eigenvalue weighted by atomic mass is 35.5. The van der Waals surface area contributed by atoms with Crippen molar-refractivity contribution in [3.63, 3.8) is 0 Å². The van der Waals surface area contributed by atoms with Gasteiger partial charge in [0.05, 0.1) is 2.74 Å². The van der Waals surface area contributed by atoms with Gasteiger partial charge in [-0.3, -0.25) is 24.5 Å². The van der Waals surface area contributed by atoms with E-state index in [1.165, 1.54) is 6.07 Å². The van der Waals surface area contributed by atoms with Crippen LogP contribution in [0.1, 0.15) is 44.0 Å². The Balaban J connectivity index is 1.58. The van der Waals surface area contributed by atoms with E-state index in [4.69, 9.17) is 17.1 Å². The fraction of sp³-hybridized carbons (Fsp3) is 0.273. The third kappa shape index (κ3) is 4.08. The van der Waals surface area contributed by atoms with E-state index in [0.29, 0.717) is 0 Å². The minimum absolute atomic E-state index is 0.107. The van der Waals surface area contributed by atoms with E-state index >= 15 is 0 Å². The molecule has 0 spiro atoms. The summed E-state index contributed by atoms with van der Waals surface area (Å²) in [6, 6.07) is 6.43. The lowest BCUT2D eigenvalue weighted by Crippen LogP contribution is -2.52. The molecular formula is C22H18ClF2N3O4. The van der Waals surface area contributed by atoms with E-state index in [1.54, 1.807) is 0 Å². The van der Waals surface area contributed by atoms with Gasteiger partial charge in [-0.2, -0.15) is 8.78 Å². The number of amides is 4. The van der Waals surface area contributed by atoms with E-state index < -0.39 is 59.4 Å². The van der Waals surface area contributed by atoms with Gasteiger partial charge in [0, 0.05) is 37.0 Å². The van der Waals surface area contributed by atoms with Crippen LogP contribution >= 0.6 is 11.6 Å². The molecule has 2 N–H and O–H groups in total. The Morgan fingerprint density at radius 3 is 2.72 bits per heavy atom. The molecule has 0 radical (unpaired) electrons. The number of carbonyl (C=O) groups is 4. The standard InChI is InChI=1S/C22H18ClF2N3O4/c23-15-4-2-14(3-5-15)22(24,25)21(32)26-10-12-1-6-16-13(9-12)11-28(20(16)31)17-7-8-18(29)27-19(17)30/h1-6,9,17H,7-8,10-11H2,(H,26,32)(H,27,29,30)/i8D,10D2/hD. The summed E-state index contributed by atoms with van der Waals surface area (Å²) >= 11 is 5.68. The summed E-state index contributed by atoms with van der Waals surface area (Å²) in [5, 5.41) is 1.73. The highest BCUT2D eigenvalue weighted by molar-refractivity contribution is 6.30. The molecule has 2 unspecified atom stereocenters. The van der Waals surface area contributed by atoms with Crippen molar-refractivity contribution in [1.82, 2.24) is 15.5 Å². The summed E-state index contributed by atoms with van der Waals surface area (Å²) in [5.74, 6) is -8.44. The van der Waals surface area contributed by atoms with Crippen molar-refractivity contribution in [2.24, 2.45) is 0 Å². The van der Waals surface area contributed by atoms with Crippen molar-refractivity contribution in [3.05, 3.63) is 69.7 Å². The second-order valence-corrected chi connectivity index (χ2v) is 7.66. The summed E-state index contributed by atoms with van der Waals surface area (Å²) in [4.78, 5) is 50.2. The molecule has 166 valence electrons. The minimum Gasteiger partial charge on any atom is -0.346 e. The molecular weight excluding hydrogens is 444 g/mol. The molecule has 2 atom stereocenters. The zero-order chi connectivity index (χ0) is 26.6. The molecule has 10 heteroatoms. The van der Waals surface area contributed by atoms with Crippen molar-refractivity contribution in [2.75, 3.05) is 0 Å². The molecule has 2 aromatic rings. The van der Waals surface area contributed by atoms with Gasteiger partial charge >= 0.3 is 5.92 Å². The van der Waals surface area contributed by atoms with Crippen LogP contribution in [0.25, 0.3) is 0 Å². The highest BCUT2D eigenvalue weighted by Gasteiger charge is 2.41. The fourth-order valence-electron chi connectivity index (χ4n) is 3.48. The molecule has 2 aliphatic heterocycles. The van der Waals surface area contributed by atoms with Gasteiger partial charge in [0.2, 0.25) is 11.8 Å². The molecule has 4 rings (SSSR count). The minimum atomic E-state index is -4.22. The zero-order valence-electron chi connectivity index (χ0n) is 20.3. The Morgan fingerprint density at radius 1 is 1.28 bits per heavy atom. The van der Waals surface area contributed by atoms with Crippen LogP contribution in [0.3, 0.4) is 0 Å². The average Bonchev–Trinajstić information content (AvgIpc) is 3.16. The van der Waals surface area contributed by atoms with Crippen molar-refractivity contribution < 1.29 is 33.5 Å². The van der Waals surface area contributed by atoms with Gasteiger partial charge in [-0.15, -0.1) is 0 Å². The van der Waals surface area contributed by atoms with Crippen LogP contribution in [0, 0.1) is 0 Å². The van der Waals surface area contributed by atoms with Gasteiger partial charge in [0.15, 0.2) is 1.41 Å². The fourth-order valence-corrected chi connectivity index (χ4v) is 3.61. The summed E-state index contributed by atoms with van der Waals surface area (Å²) in [5.41, 5.74) is -0.766. The number of benzene rings is 2. The number of carbonyl (C=O) groups excluding carboxylic acids is 4. The molecule has 0 aliphatic carbocycles. The Morgan fingerprint density at radius 2 is 2.00 bits per heavy atom. The number of imide groups is 1. The summed E-state index contributed by atoms with van der Waals surface area (Å²) in [6.07, 6.45) is -1.47. The Labute approximate surface area is 192 Å². The molecule has 32 heavy (non-hydrogen) atoms. The van der Waals surface area contributed by atoms with Crippen LogP contribution in [0.2, 0.25) is 6.43 Å². The second kappa shape index (κ2) is 8.31. The number of hydrogen-bond acceptors (Lipinski definition) is 4. The zero-order valence-corrected chi connectivity index (χ0v) is 17.0. The van der Waals surface area contributed by atoms with Crippen molar-refractivity contribution >= 4 is 35.2 Å². The summed E-state index contributed by atoms with van der Waals surface area (Å²) in [7, 11) is 0. The molecule has 0 saturated carbocycles. The smallest absolute Gasteiger partial charge is 0.346 e. The number of fused-ring (bicyclic) bond motifs is 1. The van der Waals surface area contributed by atoms with Crippen LogP contribution < -0.4 is 10.6 Å². The van der Waals surface area contributed by atoms with Gasteiger partial charge in [0.25, 0.3) is 11.8 Å². The van der Waals surface area contributed by atoms with E-state index in [-0.39, 0.29) is 34.7 Å². The van der Waals surface area contributed by atoms with Crippen LogP contribution in [-0.2, 0) is 33.3 Å². The predicted molar refractivity (Wildman–Crippen MR) is 110 cm³/mol. The highest BCUT2D eigenvalue weighted by Crippen LogP contribution is 2.30. The molecule has 0 aromatic heterocycles. The van der Waals surface area contributed by atoms with Crippen LogP contribution in [0.4, 0.5) is 8.78 Å². The largest absolute Gasteiger partial charge is 0.349 e.